The average Bonchev–Trinajstić information content (AvgIpc) is 3.15. The molecule has 0 saturated carbocycles. The van der Waals surface area contributed by atoms with Crippen molar-refractivity contribution >= 4 is 30.9 Å². The molecule has 0 aliphatic carbocycles. The van der Waals surface area contributed by atoms with E-state index in [1.807, 2.05) is 36.4 Å². The minimum absolute atomic E-state index is 0.169. The molecule has 2 aromatic carbocycles. The SMILES string of the molecule is CC(C)(C)[Si](O[C@@H](CCC=O)[C@@H]1CCC(=O)O1)(c1ccccc1)c1ccccc1. The predicted octanol–water partition coefficient (Wildman–Crippen LogP) is 3.62. The molecule has 1 aliphatic heterocycles. The zero-order chi connectivity index (χ0) is 20.9. The standard InChI is InChI=1S/C24H30O4Si/c1-24(2,3)29(19-11-6-4-7-12-19,20-13-8-5-9-14-20)28-22(15-10-18-25)21-16-17-23(26)27-21/h4-9,11-14,18,21-22H,10,15-17H2,1-3H3/t21-,22-/m0/s1. The molecule has 0 amide bonds. The number of cyclic esters (lactones) is 1. The quantitative estimate of drug-likeness (QED) is 0.379. The highest BCUT2D eigenvalue weighted by molar-refractivity contribution is 6.99. The Morgan fingerprint density at radius 2 is 1.62 bits per heavy atom. The van der Waals surface area contributed by atoms with Gasteiger partial charge < -0.3 is 14.0 Å². The van der Waals surface area contributed by atoms with E-state index in [0.29, 0.717) is 25.7 Å². The Hall–Kier alpha value is -2.24. The van der Waals surface area contributed by atoms with Gasteiger partial charge in [0.15, 0.2) is 0 Å². The molecule has 1 saturated heterocycles. The van der Waals surface area contributed by atoms with E-state index in [9.17, 15) is 9.59 Å². The van der Waals surface area contributed by atoms with Crippen LogP contribution in [0, 0.1) is 0 Å². The lowest BCUT2D eigenvalue weighted by Crippen LogP contribution is -2.68. The molecule has 5 heteroatoms. The van der Waals surface area contributed by atoms with Crippen LogP contribution in [0.3, 0.4) is 0 Å². The summed E-state index contributed by atoms with van der Waals surface area (Å²) in [6, 6.07) is 20.8. The van der Waals surface area contributed by atoms with Gasteiger partial charge in [0.05, 0.1) is 6.10 Å². The number of ether oxygens (including phenoxy) is 1. The van der Waals surface area contributed by atoms with Gasteiger partial charge in [0.1, 0.15) is 12.4 Å². The topological polar surface area (TPSA) is 52.6 Å². The number of carbonyl (C=O) groups is 2. The molecule has 0 unspecified atom stereocenters. The second-order valence-corrected chi connectivity index (χ2v) is 12.9. The van der Waals surface area contributed by atoms with E-state index < -0.39 is 8.32 Å². The number of rotatable bonds is 8. The normalized spacial score (nSPS) is 18.3. The molecular formula is C24H30O4Si. The van der Waals surface area contributed by atoms with Crippen LogP contribution in [0.2, 0.25) is 5.04 Å². The minimum Gasteiger partial charge on any atom is -0.460 e. The van der Waals surface area contributed by atoms with Crippen LogP contribution in [0.25, 0.3) is 0 Å². The van der Waals surface area contributed by atoms with Gasteiger partial charge in [-0.1, -0.05) is 81.4 Å². The van der Waals surface area contributed by atoms with Crippen LogP contribution in [0.15, 0.2) is 60.7 Å². The van der Waals surface area contributed by atoms with Crippen molar-refractivity contribution in [3.8, 4) is 0 Å². The van der Waals surface area contributed by atoms with Crippen LogP contribution in [0.1, 0.15) is 46.5 Å². The zero-order valence-electron chi connectivity index (χ0n) is 17.5. The summed E-state index contributed by atoms with van der Waals surface area (Å²) in [6.07, 6.45) is 2.29. The van der Waals surface area contributed by atoms with E-state index in [-0.39, 0.29) is 23.2 Å². The smallest absolute Gasteiger partial charge is 0.306 e. The van der Waals surface area contributed by atoms with Crippen LogP contribution in [0.4, 0.5) is 0 Å². The maximum Gasteiger partial charge on any atom is 0.306 e. The molecule has 0 spiro atoms. The molecule has 1 aliphatic rings. The highest BCUT2D eigenvalue weighted by Gasteiger charge is 2.52. The maximum atomic E-state index is 11.8. The van der Waals surface area contributed by atoms with Gasteiger partial charge in [-0.2, -0.15) is 0 Å². The summed E-state index contributed by atoms with van der Waals surface area (Å²) < 4.78 is 12.7. The maximum absolute atomic E-state index is 11.8. The molecular weight excluding hydrogens is 380 g/mol. The fraction of sp³-hybridized carbons (Fsp3) is 0.417. The van der Waals surface area contributed by atoms with Crippen LogP contribution < -0.4 is 10.4 Å². The van der Waals surface area contributed by atoms with E-state index in [1.54, 1.807) is 0 Å². The Kier molecular flexibility index (Phi) is 6.70. The fourth-order valence-electron chi connectivity index (χ4n) is 4.28. The summed E-state index contributed by atoms with van der Waals surface area (Å²) in [5, 5.41) is 2.19. The van der Waals surface area contributed by atoms with Crippen molar-refractivity contribution in [2.45, 2.75) is 63.7 Å². The third-order valence-corrected chi connectivity index (χ3v) is 10.7. The summed E-state index contributed by atoms with van der Waals surface area (Å²) in [6.45, 7) is 6.66. The second-order valence-electron chi connectivity index (χ2n) is 8.63. The Bertz CT molecular complexity index is 774. The highest BCUT2D eigenvalue weighted by Crippen LogP contribution is 2.39. The second kappa shape index (κ2) is 9.05. The molecule has 4 nitrogen and oxygen atoms in total. The number of benzene rings is 2. The van der Waals surface area contributed by atoms with Crippen molar-refractivity contribution in [3.05, 3.63) is 60.7 Å². The van der Waals surface area contributed by atoms with Crippen LogP contribution in [0.5, 0.6) is 0 Å². The monoisotopic (exact) mass is 410 g/mol. The molecule has 0 bridgehead atoms. The van der Waals surface area contributed by atoms with E-state index in [1.165, 1.54) is 10.4 Å². The van der Waals surface area contributed by atoms with Crippen LogP contribution in [-0.4, -0.2) is 32.8 Å². The Morgan fingerprint density at radius 3 is 2.03 bits per heavy atom. The van der Waals surface area contributed by atoms with Crippen molar-refractivity contribution in [3.63, 3.8) is 0 Å². The molecule has 29 heavy (non-hydrogen) atoms. The van der Waals surface area contributed by atoms with Crippen LogP contribution >= 0.6 is 0 Å². The number of carbonyl (C=O) groups excluding carboxylic acids is 2. The molecule has 0 N–H and O–H groups in total. The summed E-state index contributed by atoms with van der Waals surface area (Å²) in [5.74, 6) is -0.183. The summed E-state index contributed by atoms with van der Waals surface area (Å²) in [7, 11) is -2.76. The Balaban J connectivity index is 2.12. The van der Waals surface area contributed by atoms with Gasteiger partial charge in [-0.15, -0.1) is 0 Å². The average molecular weight is 411 g/mol. The molecule has 2 atom stereocenters. The van der Waals surface area contributed by atoms with E-state index in [4.69, 9.17) is 9.16 Å². The van der Waals surface area contributed by atoms with E-state index >= 15 is 0 Å². The van der Waals surface area contributed by atoms with Gasteiger partial charge in [-0.25, -0.2) is 0 Å². The first-order valence-electron chi connectivity index (χ1n) is 10.3. The number of aldehydes is 1. The molecule has 1 fully saturated rings. The lowest BCUT2D eigenvalue weighted by Gasteiger charge is -2.46. The van der Waals surface area contributed by atoms with Gasteiger partial charge in [0.2, 0.25) is 0 Å². The molecule has 3 rings (SSSR count). The van der Waals surface area contributed by atoms with Gasteiger partial charge in [-0.3, -0.25) is 4.79 Å². The first-order chi connectivity index (χ1) is 13.9. The van der Waals surface area contributed by atoms with Crippen molar-refractivity contribution in [1.82, 2.24) is 0 Å². The first kappa shape index (κ1) is 21.5. The lowest BCUT2D eigenvalue weighted by atomic mass is 10.1. The molecule has 0 radical (unpaired) electrons. The van der Waals surface area contributed by atoms with Gasteiger partial charge in [0, 0.05) is 12.8 Å². The van der Waals surface area contributed by atoms with E-state index in [2.05, 4.69) is 45.0 Å². The molecule has 154 valence electrons. The largest absolute Gasteiger partial charge is 0.460 e. The number of esters is 1. The predicted molar refractivity (Wildman–Crippen MR) is 117 cm³/mol. The van der Waals surface area contributed by atoms with Gasteiger partial charge in [0.25, 0.3) is 8.32 Å². The van der Waals surface area contributed by atoms with E-state index in [0.717, 1.165) is 6.29 Å². The number of hydrogen-bond acceptors (Lipinski definition) is 4. The number of hydrogen-bond donors (Lipinski definition) is 0. The van der Waals surface area contributed by atoms with Gasteiger partial charge >= 0.3 is 5.97 Å². The summed E-state index contributed by atoms with van der Waals surface area (Å²) >= 11 is 0. The van der Waals surface area contributed by atoms with Gasteiger partial charge in [-0.05, 0) is 28.3 Å². The van der Waals surface area contributed by atoms with Crippen LogP contribution in [-0.2, 0) is 18.8 Å². The summed E-state index contributed by atoms with van der Waals surface area (Å²) in [5.41, 5.74) is 0. The third-order valence-electron chi connectivity index (χ3n) is 5.64. The summed E-state index contributed by atoms with van der Waals surface area (Å²) in [4.78, 5) is 22.9. The molecule has 1 heterocycles. The zero-order valence-corrected chi connectivity index (χ0v) is 18.5. The fourth-order valence-corrected chi connectivity index (χ4v) is 9.02. The van der Waals surface area contributed by atoms with Crippen molar-refractivity contribution in [1.29, 1.82) is 0 Å². The van der Waals surface area contributed by atoms with Crippen molar-refractivity contribution in [2.75, 3.05) is 0 Å². The highest BCUT2D eigenvalue weighted by atomic mass is 28.4. The minimum atomic E-state index is -2.76. The third kappa shape index (κ3) is 4.51. The molecule has 2 aromatic rings. The van der Waals surface area contributed by atoms with Crippen molar-refractivity contribution in [2.24, 2.45) is 0 Å². The van der Waals surface area contributed by atoms with Crippen molar-refractivity contribution < 1.29 is 18.8 Å². The molecule has 0 aromatic heterocycles. The Morgan fingerprint density at radius 1 is 1.07 bits per heavy atom. The Labute approximate surface area is 174 Å². The first-order valence-corrected chi connectivity index (χ1v) is 12.2. The lowest BCUT2D eigenvalue weighted by molar-refractivity contribution is -0.145.